The van der Waals surface area contributed by atoms with Crippen LogP contribution >= 0.6 is 0 Å². The molecule has 1 aromatic heterocycles. The predicted molar refractivity (Wildman–Crippen MR) is 109 cm³/mol. The van der Waals surface area contributed by atoms with E-state index in [0.29, 0.717) is 11.7 Å². The molecule has 1 N–H and O–H groups in total. The topological polar surface area (TPSA) is 41.2 Å². The molecule has 0 aliphatic heterocycles. The molecule has 0 saturated heterocycles. The fourth-order valence-corrected chi connectivity index (χ4v) is 3.59. The molecular formula is C23H34NO2+. The van der Waals surface area contributed by atoms with Gasteiger partial charge < -0.3 is 5.11 Å². The number of carbonyl (C=O) groups excluding carboxylic acids is 1. The van der Waals surface area contributed by atoms with Gasteiger partial charge in [0.05, 0.1) is 5.39 Å². The first-order chi connectivity index (χ1) is 12.7. The highest BCUT2D eigenvalue weighted by molar-refractivity contribution is 5.91. The van der Waals surface area contributed by atoms with Gasteiger partial charge in [-0.15, -0.1) is 0 Å². The van der Waals surface area contributed by atoms with Crippen LogP contribution in [0.15, 0.2) is 49.2 Å². The van der Waals surface area contributed by atoms with Gasteiger partial charge in [-0.25, -0.2) is 0 Å². The SMILES string of the molecule is C=CC(=O)C1CCCC(C[n+]2ccc(O)c3ccccc32)C1.CC.CC. The lowest BCUT2D eigenvalue weighted by molar-refractivity contribution is -0.678. The Morgan fingerprint density at radius 1 is 1.19 bits per heavy atom. The molecule has 1 aliphatic carbocycles. The van der Waals surface area contributed by atoms with Gasteiger partial charge in [-0.3, -0.25) is 4.79 Å². The van der Waals surface area contributed by atoms with E-state index < -0.39 is 0 Å². The zero-order chi connectivity index (χ0) is 19.5. The molecule has 2 unspecified atom stereocenters. The second-order valence-electron chi connectivity index (χ2n) is 6.21. The van der Waals surface area contributed by atoms with Crippen LogP contribution in [0.5, 0.6) is 5.75 Å². The molecule has 26 heavy (non-hydrogen) atoms. The maximum atomic E-state index is 11.9. The summed E-state index contributed by atoms with van der Waals surface area (Å²) >= 11 is 0. The van der Waals surface area contributed by atoms with Gasteiger partial charge in [0.25, 0.3) is 0 Å². The van der Waals surface area contributed by atoms with Gasteiger partial charge in [-0.05, 0) is 31.4 Å². The van der Waals surface area contributed by atoms with Gasteiger partial charge in [0.2, 0.25) is 5.52 Å². The lowest BCUT2D eigenvalue weighted by Crippen LogP contribution is -2.40. The molecule has 1 fully saturated rings. The Morgan fingerprint density at radius 2 is 1.88 bits per heavy atom. The summed E-state index contributed by atoms with van der Waals surface area (Å²) in [7, 11) is 0. The van der Waals surface area contributed by atoms with Gasteiger partial charge >= 0.3 is 0 Å². The smallest absolute Gasteiger partial charge is 0.216 e. The summed E-state index contributed by atoms with van der Waals surface area (Å²) < 4.78 is 2.19. The Morgan fingerprint density at radius 3 is 2.58 bits per heavy atom. The number of aromatic nitrogens is 1. The number of nitrogens with zero attached hydrogens (tertiary/aromatic N) is 1. The normalized spacial score (nSPS) is 18.8. The number of benzene rings is 1. The highest BCUT2D eigenvalue weighted by atomic mass is 16.3. The van der Waals surface area contributed by atoms with Crippen molar-refractivity contribution in [2.45, 2.75) is 59.9 Å². The third-order valence-corrected chi connectivity index (χ3v) is 4.74. The average Bonchev–Trinajstić information content (AvgIpc) is 2.73. The van der Waals surface area contributed by atoms with Gasteiger partial charge in [0.15, 0.2) is 18.5 Å². The summed E-state index contributed by atoms with van der Waals surface area (Å²) in [5.41, 5.74) is 1.04. The van der Waals surface area contributed by atoms with Crippen molar-refractivity contribution in [3.05, 3.63) is 49.2 Å². The van der Waals surface area contributed by atoms with Crippen LogP contribution in [-0.2, 0) is 11.3 Å². The summed E-state index contributed by atoms with van der Waals surface area (Å²) in [6.07, 6.45) is 7.59. The zero-order valence-corrected chi connectivity index (χ0v) is 16.7. The number of ketones is 1. The molecule has 142 valence electrons. The summed E-state index contributed by atoms with van der Waals surface area (Å²) in [4.78, 5) is 11.9. The molecule has 1 aromatic carbocycles. The van der Waals surface area contributed by atoms with Crippen LogP contribution < -0.4 is 4.57 Å². The van der Waals surface area contributed by atoms with Crippen LogP contribution in [0.1, 0.15) is 53.4 Å². The number of fused-ring (bicyclic) bond motifs is 1. The lowest BCUT2D eigenvalue weighted by atomic mass is 9.79. The van der Waals surface area contributed by atoms with Gasteiger partial charge in [-0.1, -0.05) is 52.8 Å². The fourth-order valence-electron chi connectivity index (χ4n) is 3.59. The van der Waals surface area contributed by atoms with Crippen LogP contribution in [-0.4, -0.2) is 10.9 Å². The largest absolute Gasteiger partial charge is 0.507 e. The number of pyridine rings is 1. The lowest BCUT2D eigenvalue weighted by Gasteiger charge is -2.25. The summed E-state index contributed by atoms with van der Waals surface area (Å²) in [6.45, 7) is 12.5. The molecule has 2 aromatic rings. The Bertz CT molecular complexity index is 708. The maximum absolute atomic E-state index is 11.9. The first-order valence-electron chi connectivity index (χ1n) is 9.95. The van der Waals surface area contributed by atoms with E-state index in [-0.39, 0.29) is 11.7 Å². The standard InChI is InChI=1S/C19H21NO2.2C2H6/c1-2-18(21)15-7-5-6-14(12-15)13-20-11-10-19(22)16-8-3-4-9-17(16)20;2*1-2/h2-4,8-11,14-15H,1,5-7,12-13H2;2*1-2H3/p+1. The van der Waals surface area contributed by atoms with E-state index in [4.69, 9.17) is 0 Å². The minimum atomic E-state index is 0.139. The Labute approximate surface area is 158 Å². The van der Waals surface area contributed by atoms with Crippen LogP contribution in [0.3, 0.4) is 0 Å². The summed E-state index contributed by atoms with van der Waals surface area (Å²) in [5.74, 6) is 1.14. The monoisotopic (exact) mass is 356 g/mol. The molecule has 3 rings (SSSR count). The van der Waals surface area contributed by atoms with Gasteiger partial charge in [-0.2, -0.15) is 4.57 Å². The van der Waals surface area contributed by atoms with Crippen LogP contribution in [0.4, 0.5) is 0 Å². The minimum absolute atomic E-state index is 0.139. The third-order valence-electron chi connectivity index (χ3n) is 4.74. The highest BCUT2D eigenvalue weighted by Gasteiger charge is 2.28. The number of hydrogen-bond donors (Lipinski definition) is 1. The number of rotatable bonds is 4. The first-order valence-corrected chi connectivity index (χ1v) is 9.95. The predicted octanol–water partition coefficient (Wildman–Crippen LogP) is 5.45. The number of para-hydroxylation sites is 1. The molecule has 0 bridgehead atoms. The van der Waals surface area contributed by atoms with Crippen molar-refractivity contribution in [1.82, 2.24) is 0 Å². The Balaban J connectivity index is 0.000000791. The van der Waals surface area contributed by atoms with E-state index in [1.54, 1.807) is 6.07 Å². The Hall–Kier alpha value is -2.16. The molecule has 3 nitrogen and oxygen atoms in total. The van der Waals surface area contributed by atoms with Crippen molar-refractivity contribution >= 4 is 16.7 Å². The zero-order valence-electron chi connectivity index (χ0n) is 16.7. The van der Waals surface area contributed by atoms with E-state index >= 15 is 0 Å². The number of allylic oxidation sites excluding steroid dienone is 1. The van der Waals surface area contributed by atoms with Gasteiger partial charge in [0.1, 0.15) is 5.75 Å². The summed E-state index contributed by atoms with van der Waals surface area (Å²) in [6, 6.07) is 9.64. The van der Waals surface area contributed by atoms with Crippen LogP contribution in [0.25, 0.3) is 10.9 Å². The van der Waals surface area contributed by atoms with E-state index in [9.17, 15) is 9.90 Å². The van der Waals surface area contributed by atoms with E-state index in [1.165, 1.54) is 6.08 Å². The molecule has 0 amide bonds. The molecular weight excluding hydrogens is 322 g/mol. The second kappa shape index (κ2) is 11.5. The fraction of sp³-hybridized carbons (Fsp3) is 0.478. The number of hydrogen-bond acceptors (Lipinski definition) is 2. The van der Waals surface area contributed by atoms with E-state index in [1.807, 2.05) is 58.2 Å². The molecule has 0 radical (unpaired) electrons. The molecule has 0 spiro atoms. The van der Waals surface area contributed by atoms with Crippen molar-refractivity contribution in [2.75, 3.05) is 0 Å². The molecule has 1 heterocycles. The van der Waals surface area contributed by atoms with Crippen molar-refractivity contribution in [3.63, 3.8) is 0 Å². The summed E-state index contributed by atoms with van der Waals surface area (Å²) in [5, 5.41) is 10.9. The Kier molecular flexibility index (Phi) is 9.64. The second-order valence-corrected chi connectivity index (χ2v) is 6.21. The maximum Gasteiger partial charge on any atom is 0.216 e. The number of carbonyl (C=O) groups is 1. The average molecular weight is 357 g/mol. The van der Waals surface area contributed by atoms with E-state index in [2.05, 4.69) is 11.1 Å². The van der Waals surface area contributed by atoms with Crippen molar-refractivity contribution < 1.29 is 14.5 Å². The van der Waals surface area contributed by atoms with Crippen LogP contribution in [0.2, 0.25) is 0 Å². The minimum Gasteiger partial charge on any atom is -0.507 e. The third kappa shape index (κ3) is 5.42. The van der Waals surface area contributed by atoms with E-state index in [0.717, 1.165) is 43.1 Å². The van der Waals surface area contributed by atoms with Crippen molar-refractivity contribution in [3.8, 4) is 5.75 Å². The van der Waals surface area contributed by atoms with Crippen LogP contribution in [0, 0.1) is 11.8 Å². The molecule has 1 saturated carbocycles. The van der Waals surface area contributed by atoms with Crippen molar-refractivity contribution in [2.24, 2.45) is 11.8 Å². The molecule has 3 heteroatoms. The molecule has 1 aliphatic rings. The quantitative estimate of drug-likeness (QED) is 0.585. The number of aromatic hydroxyl groups is 1. The highest BCUT2D eigenvalue weighted by Crippen LogP contribution is 2.30. The van der Waals surface area contributed by atoms with Gasteiger partial charge in [0, 0.05) is 24.0 Å². The molecule has 2 atom stereocenters. The van der Waals surface area contributed by atoms with Crippen molar-refractivity contribution in [1.29, 1.82) is 0 Å². The first kappa shape index (κ1) is 21.9.